The summed E-state index contributed by atoms with van der Waals surface area (Å²) in [6.45, 7) is 2.93. The molecule has 0 aliphatic rings. The number of pyridine rings is 1. The molecule has 2 heterocycles. The predicted octanol–water partition coefficient (Wildman–Crippen LogP) is 2.99. The van der Waals surface area contributed by atoms with Crippen LogP contribution in [0.1, 0.15) is 23.0 Å². The molecule has 0 aromatic carbocycles. The number of furan rings is 1. The number of hydrogen-bond donors (Lipinski definition) is 0. The first-order valence-corrected chi connectivity index (χ1v) is 6.01. The van der Waals surface area contributed by atoms with E-state index in [-0.39, 0.29) is 5.91 Å². The van der Waals surface area contributed by atoms with Gasteiger partial charge in [0.15, 0.2) is 0 Å². The number of aromatic nitrogens is 1. The Morgan fingerprint density at radius 2 is 2.33 bits per heavy atom. The minimum atomic E-state index is -0.124. The van der Waals surface area contributed by atoms with Crippen molar-refractivity contribution in [1.82, 2.24) is 9.88 Å². The van der Waals surface area contributed by atoms with Gasteiger partial charge in [-0.3, -0.25) is 9.78 Å². The largest absolute Gasteiger partial charge is 0.467 e. The predicted molar refractivity (Wildman–Crippen MR) is 68.4 cm³/mol. The third kappa shape index (κ3) is 2.71. The molecule has 0 unspecified atom stereocenters. The average Bonchev–Trinajstić information content (AvgIpc) is 2.88. The van der Waals surface area contributed by atoms with E-state index in [9.17, 15) is 4.79 Å². The van der Waals surface area contributed by atoms with E-state index in [0.717, 1.165) is 5.76 Å². The molecule has 0 N–H and O–H groups in total. The van der Waals surface area contributed by atoms with E-state index in [1.165, 1.54) is 6.20 Å². The second kappa shape index (κ2) is 5.69. The van der Waals surface area contributed by atoms with Crippen molar-refractivity contribution in [3.8, 4) is 0 Å². The SMILES string of the molecule is CCN(Cc1ccco1)C(=O)c1ccncc1Cl. The first-order valence-electron chi connectivity index (χ1n) is 5.63. The Bertz CT molecular complexity index is 526. The molecule has 0 radical (unpaired) electrons. The van der Waals surface area contributed by atoms with Gasteiger partial charge in [0.2, 0.25) is 0 Å². The van der Waals surface area contributed by atoms with E-state index in [4.69, 9.17) is 16.0 Å². The fourth-order valence-electron chi connectivity index (χ4n) is 1.64. The number of rotatable bonds is 4. The second-order valence-corrected chi connectivity index (χ2v) is 4.16. The van der Waals surface area contributed by atoms with Gasteiger partial charge in [-0.1, -0.05) is 11.6 Å². The zero-order valence-corrected chi connectivity index (χ0v) is 10.7. The molecule has 0 bridgehead atoms. The summed E-state index contributed by atoms with van der Waals surface area (Å²) in [6.07, 6.45) is 4.61. The molecule has 0 aliphatic carbocycles. The highest BCUT2D eigenvalue weighted by molar-refractivity contribution is 6.33. The van der Waals surface area contributed by atoms with Crippen LogP contribution in [-0.4, -0.2) is 22.3 Å². The third-order valence-electron chi connectivity index (χ3n) is 2.60. The first kappa shape index (κ1) is 12.6. The molecule has 2 aromatic heterocycles. The van der Waals surface area contributed by atoms with Crippen LogP contribution in [0, 0.1) is 0 Å². The van der Waals surface area contributed by atoms with Crippen LogP contribution in [0.4, 0.5) is 0 Å². The van der Waals surface area contributed by atoms with Crippen molar-refractivity contribution in [2.24, 2.45) is 0 Å². The first-order chi connectivity index (χ1) is 8.72. The summed E-state index contributed by atoms with van der Waals surface area (Å²) < 4.78 is 5.24. The lowest BCUT2D eigenvalue weighted by Gasteiger charge is -2.20. The highest BCUT2D eigenvalue weighted by Crippen LogP contribution is 2.17. The van der Waals surface area contributed by atoms with Gasteiger partial charge >= 0.3 is 0 Å². The molecule has 18 heavy (non-hydrogen) atoms. The minimum absolute atomic E-state index is 0.124. The van der Waals surface area contributed by atoms with Gasteiger partial charge in [0.1, 0.15) is 5.76 Å². The zero-order valence-electron chi connectivity index (χ0n) is 9.97. The minimum Gasteiger partial charge on any atom is -0.467 e. The standard InChI is InChI=1S/C13H13ClN2O2/c1-2-16(9-10-4-3-7-18-10)13(17)11-5-6-15-8-12(11)14/h3-8H,2,9H2,1H3. The molecule has 0 spiro atoms. The molecular formula is C13H13ClN2O2. The Hall–Kier alpha value is -1.81. The van der Waals surface area contributed by atoms with Crippen LogP contribution in [0.5, 0.6) is 0 Å². The zero-order chi connectivity index (χ0) is 13.0. The molecule has 2 aromatic rings. The Morgan fingerprint density at radius 1 is 1.50 bits per heavy atom. The summed E-state index contributed by atoms with van der Waals surface area (Å²) in [5.74, 6) is 0.622. The molecule has 0 fully saturated rings. The second-order valence-electron chi connectivity index (χ2n) is 3.75. The van der Waals surface area contributed by atoms with Gasteiger partial charge in [0.25, 0.3) is 5.91 Å². The van der Waals surface area contributed by atoms with Crippen LogP contribution < -0.4 is 0 Å². The molecule has 0 aliphatic heterocycles. The summed E-state index contributed by atoms with van der Waals surface area (Å²) in [5.41, 5.74) is 0.458. The number of amides is 1. The Kier molecular flexibility index (Phi) is 3.99. The van der Waals surface area contributed by atoms with Crippen molar-refractivity contribution in [3.05, 3.63) is 53.2 Å². The molecule has 2 rings (SSSR count). The lowest BCUT2D eigenvalue weighted by molar-refractivity contribution is 0.0741. The normalized spacial score (nSPS) is 10.3. The van der Waals surface area contributed by atoms with Crippen molar-refractivity contribution in [2.45, 2.75) is 13.5 Å². The summed E-state index contributed by atoms with van der Waals surface area (Å²) in [6, 6.07) is 5.26. The van der Waals surface area contributed by atoms with E-state index in [1.807, 2.05) is 13.0 Å². The number of carbonyl (C=O) groups excluding carboxylic acids is 1. The Morgan fingerprint density at radius 3 is 2.94 bits per heavy atom. The number of nitrogens with zero attached hydrogens (tertiary/aromatic N) is 2. The fourth-order valence-corrected chi connectivity index (χ4v) is 1.84. The molecule has 0 atom stereocenters. The van der Waals surface area contributed by atoms with Crippen LogP contribution >= 0.6 is 11.6 Å². The van der Waals surface area contributed by atoms with Crippen molar-refractivity contribution < 1.29 is 9.21 Å². The Balaban J connectivity index is 2.18. The van der Waals surface area contributed by atoms with Crippen LogP contribution in [0.25, 0.3) is 0 Å². The molecular weight excluding hydrogens is 252 g/mol. The van der Waals surface area contributed by atoms with Crippen LogP contribution in [0.2, 0.25) is 5.02 Å². The van der Waals surface area contributed by atoms with Gasteiger partial charge in [-0.05, 0) is 25.1 Å². The highest BCUT2D eigenvalue weighted by atomic mass is 35.5. The van der Waals surface area contributed by atoms with Crippen LogP contribution in [-0.2, 0) is 6.54 Å². The molecule has 94 valence electrons. The average molecular weight is 265 g/mol. The van der Waals surface area contributed by atoms with Crippen molar-refractivity contribution in [2.75, 3.05) is 6.54 Å². The van der Waals surface area contributed by atoms with Gasteiger partial charge in [-0.25, -0.2) is 0 Å². The number of hydrogen-bond acceptors (Lipinski definition) is 3. The van der Waals surface area contributed by atoms with E-state index < -0.39 is 0 Å². The van der Waals surface area contributed by atoms with E-state index in [2.05, 4.69) is 4.98 Å². The molecule has 0 saturated carbocycles. The summed E-state index contributed by atoms with van der Waals surface area (Å²) in [4.78, 5) is 17.8. The van der Waals surface area contributed by atoms with E-state index in [1.54, 1.807) is 29.5 Å². The van der Waals surface area contributed by atoms with Gasteiger partial charge in [0.05, 0.1) is 23.4 Å². The fraction of sp³-hybridized carbons (Fsp3) is 0.231. The lowest BCUT2D eigenvalue weighted by atomic mass is 10.2. The molecule has 0 saturated heterocycles. The van der Waals surface area contributed by atoms with Gasteiger partial charge < -0.3 is 9.32 Å². The summed E-state index contributed by atoms with van der Waals surface area (Å²) in [7, 11) is 0. The summed E-state index contributed by atoms with van der Waals surface area (Å²) >= 11 is 5.97. The van der Waals surface area contributed by atoms with Gasteiger partial charge in [-0.2, -0.15) is 0 Å². The number of carbonyl (C=O) groups is 1. The molecule has 4 nitrogen and oxygen atoms in total. The van der Waals surface area contributed by atoms with E-state index >= 15 is 0 Å². The topological polar surface area (TPSA) is 46.3 Å². The van der Waals surface area contributed by atoms with Gasteiger partial charge in [0, 0.05) is 18.9 Å². The van der Waals surface area contributed by atoms with Crippen LogP contribution in [0.15, 0.2) is 41.3 Å². The monoisotopic (exact) mass is 264 g/mol. The van der Waals surface area contributed by atoms with Crippen LogP contribution in [0.3, 0.4) is 0 Å². The van der Waals surface area contributed by atoms with Gasteiger partial charge in [-0.15, -0.1) is 0 Å². The maximum Gasteiger partial charge on any atom is 0.255 e. The number of halogens is 1. The third-order valence-corrected chi connectivity index (χ3v) is 2.90. The Labute approximate surface area is 110 Å². The highest BCUT2D eigenvalue weighted by Gasteiger charge is 2.18. The molecule has 1 amide bonds. The summed E-state index contributed by atoms with van der Waals surface area (Å²) in [5, 5.41) is 0.361. The van der Waals surface area contributed by atoms with Crippen molar-refractivity contribution in [1.29, 1.82) is 0 Å². The lowest BCUT2D eigenvalue weighted by Crippen LogP contribution is -2.30. The van der Waals surface area contributed by atoms with Crippen molar-refractivity contribution in [3.63, 3.8) is 0 Å². The smallest absolute Gasteiger partial charge is 0.255 e. The quantitative estimate of drug-likeness (QED) is 0.853. The van der Waals surface area contributed by atoms with Crippen molar-refractivity contribution >= 4 is 17.5 Å². The maximum absolute atomic E-state index is 12.3. The maximum atomic E-state index is 12.3. The molecule has 5 heteroatoms. The van der Waals surface area contributed by atoms with E-state index in [0.29, 0.717) is 23.7 Å².